The van der Waals surface area contributed by atoms with E-state index in [9.17, 15) is 20.1 Å². The summed E-state index contributed by atoms with van der Waals surface area (Å²) in [7, 11) is 2.15. The number of nitrogens with zero attached hydrogens (tertiary/aromatic N) is 5. The van der Waals surface area contributed by atoms with Gasteiger partial charge in [0.2, 0.25) is 0 Å². The molecule has 236 valence electrons. The lowest BCUT2D eigenvalue weighted by Crippen LogP contribution is -2.52. The summed E-state index contributed by atoms with van der Waals surface area (Å²) in [6.45, 7) is 8.96. The second-order valence-electron chi connectivity index (χ2n) is 11.5. The highest BCUT2D eigenvalue weighted by Gasteiger charge is 2.30. The summed E-state index contributed by atoms with van der Waals surface area (Å²) in [4.78, 5) is 28.6. The molecule has 5 rings (SSSR count). The van der Waals surface area contributed by atoms with Crippen LogP contribution in [0.5, 0.6) is 5.75 Å². The van der Waals surface area contributed by atoms with Gasteiger partial charge in [-0.05, 0) is 51.3 Å². The van der Waals surface area contributed by atoms with Gasteiger partial charge in [-0.2, -0.15) is 0 Å². The highest BCUT2D eigenvalue weighted by atomic mass is 16.9. The van der Waals surface area contributed by atoms with Crippen molar-refractivity contribution in [1.82, 2.24) is 19.8 Å². The fourth-order valence-electron chi connectivity index (χ4n) is 6.00. The van der Waals surface area contributed by atoms with Crippen LogP contribution in [0.2, 0.25) is 0 Å². The number of anilines is 4. The van der Waals surface area contributed by atoms with E-state index in [1.165, 1.54) is 6.07 Å². The molecule has 3 aliphatic rings. The first kappa shape index (κ1) is 31.2. The Bertz CT molecular complexity index is 1250. The summed E-state index contributed by atoms with van der Waals surface area (Å²) < 4.78 is 10.6. The fraction of sp³-hybridized carbons (Fsp3) is 0.621. The van der Waals surface area contributed by atoms with Crippen molar-refractivity contribution in [3.63, 3.8) is 0 Å². The second-order valence-corrected chi connectivity index (χ2v) is 11.5. The van der Waals surface area contributed by atoms with E-state index in [0.717, 1.165) is 65.0 Å². The molecule has 0 saturated carbocycles. The number of likely N-dealkylation sites (N-methyl/N-ethyl adjacent to an activating group) is 1. The first-order valence-corrected chi connectivity index (χ1v) is 15.1. The maximum absolute atomic E-state index is 12.4. The molecule has 43 heavy (non-hydrogen) atoms. The van der Waals surface area contributed by atoms with Crippen LogP contribution in [0.4, 0.5) is 23.0 Å². The lowest BCUT2D eigenvalue weighted by Gasteiger charge is -2.42. The van der Waals surface area contributed by atoms with Crippen molar-refractivity contribution in [1.29, 1.82) is 0 Å². The number of piperidine rings is 1. The van der Waals surface area contributed by atoms with Gasteiger partial charge in [-0.25, -0.2) is 9.97 Å². The van der Waals surface area contributed by atoms with Crippen LogP contribution in [-0.4, -0.2) is 119 Å². The Morgan fingerprint density at radius 3 is 2.37 bits per heavy atom. The third-order valence-electron chi connectivity index (χ3n) is 8.43. The smallest absolute Gasteiger partial charge is 0.415 e. The lowest BCUT2D eigenvalue weighted by atomic mass is 10.0. The number of aryl methyl sites for hydroxylation is 1. The SMILES string of the molecule is CCc1nc(C(N)=O)c(Nc2ccc(N3CCC(N4CCN(C)CC4)CC3)c(OC(O)(O)O)c2)nc1NC1CCOCC1. The first-order valence-electron chi connectivity index (χ1n) is 15.1. The minimum Gasteiger partial charge on any atom is -0.415 e. The number of amides is 1. The van der Waals surface area contributed by atoms with Crippen molar-refractivity contribution in [3.05, 3.63) is 29.6 Å². The Labute approximate surface area is 251 Å². The predicted molar refractivity (Wildman–Crippen MR) is 161 cm³/mol. The summed E-state index contributed by atoms with van der Waals surface area (Å²) in [5.41, 5.74) is 7.31. The van der Waals surface area contributed by atoms with Gasteiger partial charge in [-0.15, -0.1) is 0 Å². The number of aromatic nitrogens is 2. The molecule has 2 aromatic rings. The largest absolute Gasteiger partial charge is 0.453 e. The van der Waals surface area contributed by atoms with Crippen molar-refractivity contribution in [2.45, 2.75) is 57.3 Å². The zero-order valence-corrected chi connectivity index (χ0v) is 25.0. The summed E-state index contributed by atoms with van der Waals surface area (Å²) in [5.74, 6) is 0.0149. The molecule has 14 nitrogen and oxygen atoms in total. The molecule has 0 atom stereocenters. The maximum atomic E-state index is 12.4. The van der Waals surface area contributed by atoms with Crippen LogP contribution >= 0.6 is 0 Å². The monoisotopic (exact) mass is 600 g/mol. The second kappa shape index (κ2) is 13.6. The van der Waals surface area contributed by atoms with Gasteiger partial charge in [0, 0.05) is 76.3 Å². The number of ether oxygens (including phenoxy) is 2. The molecular formula is C29H44N8O6. The fourth-order valence-corrected chi connectivity index (χ4v) is 6.00. The molecule has 1 aromatic heterocycles. The van der Waals surface area contributed by atoms with Crippen molar-refractivity contribution in [2.24, 2.45) is 5.73 Å². The van der Waals surface area contributed by atoms with E-state index < -0.39 is 12.1 Å². The number of primary amides is 1. The van der Waals surface area contributed by atoms with Crippen LogP contribution < -0.4 is 26.0 Å². The average Bonchev–Trinajstić information content (AvgIpc) is 2.98. The molecule has 3 aliphatic heterocycles. The van der Waals surface area contributed by atoms with Crippen molar-refractivity contribution >= 4 is 28.9 Å². The summed E-state index contributed by atoms with van der Waals surface area (Å²) >= 11 is 0. The Balaban J connectivity index is 1.37. The molecule has 3 saturated heterocycles. The van der Waals surface area contributed by atoms with Gasteiger partial charge in [-0.1, -0.05) is 6.92 Å². The molecular weight excluding hydrogens is 556 g/mol. The Morgan fingerprint density at radius 2 is 1.74 bits per heavy atom. The van der Waals surface area contributed by atoms with E-state index in [4.69, 9.17) is 20.2 Å². The third-order valence-corrected chi connectivity index (χ3v) is 8.43. The van der Waals surface area contributed by atoms with Crippen LogP contribution in [0.15, 0.2) is 18.2 Å². The van der Waals surface area contributed by atoms with Gasteiger partial charge < -0.3 is 51.0 Å². The minimum absolute atomic E-state index is 0.0206. The van der Waals surface area contributed by atoms with Crippen molar-refractivity contribution in [2.75, 3.05) is 75.1 Å². The van der Waals surface area contributed by atoms with Crippen LogP contribution in [0, 0.1) is 0 Å². The highest BCUT2D eigenvalue weighted by molar-refractivity contribution is 5.96. The van der Waals surface area contributed by atoms with Crippen LogP contribution in [-0.2, 0) is 11.2 Å². The number of nitrogens with one attached hydrogen (secondary N) is 2. The van der Waals surface area contributed by atoms with Gasteiger partial charge in [0.05, 0.1) is 11.4 Å². The lowest BCUT2D eigenvalue weighted by molar-refractivity contribution is -0.419. The highest BCUT2D eigenvalue weighted by Crippen LogP contribution is 2.36. The van der Waals surface area contributed by atoms with Gasteiger partial charge >= 0.3 is 6.16 Å². The number of carbonyl (C=O) groups excluding carboxylic acids is 1. The topological polar surface area (TPSA) is 182 Å². The molecule has 1 amide bonds. The zero-order chi connectivity index (χ0) is 30.6. The quantitative estimate of drug-likeness (QED) is 0.209. The van der Waals surface area contributed by atoms with E-state index >= 15 is 0 Å². The number of aliphatic hydroxyl groups is 3. The Hall–Kier alpha value is -3.27. The molecule has 1 aromatic carbocycles. The van der Waals surface area contributed by atoms with Gasteiger partial charge in [-0.3, -0.25) is 9.69 Å². The van der Waals surface area contributed by atoms with Gasteiger partial charge in [0.25, 0.3) is 5.91 Å². The molecule has 0 unspecified atom stereocenters. The molecule has 4 heterocycles. The normalized spacial score (nSPS) is 19.8. The first-order chi connectivity index (χ1) is 20.6. The standard InChI is InChI=1S/C29H44N8O6/c1-3-22-27(31-19-8-16-42-17-9-19)34-28(25(33-22)26(30)38)32-20-4-5-23(24(18-20)43-29(39,40)41)37-10-6-21(7-11-37)36-14-12-35(2)13-15-36/h4-5,18-19,21,39-41H,3,6-17H2,1-2H3,(H2,30,38)(H2,31,32,34). The minimum atomic E-state index is -3.38. The number of nitrogens with two attached hydrogens (primary N) is 1. The van der Waals surface area contributed by atoms with E-state index in [0.29, 0.717) is 48.6 Å². The average molecular weight is 601 g/mol. The Kier molecular flexibility index (Phi) is 9.84. The summed E-state index contributed by atoms with van der Waals surface area (Å²) in [5, 5.41) is 35.7. The molecule has 0 bridgehead atoms. The van der Waals surface area contributed by atoms with E-state index in [1.807, 2.05) is 6.92 Å². The number of carbonyl (C=O) groups is 1. The van der Waals surface area contributed by atoms with E-state index in [1.54, 1.807) is 12.1 Å². The zero-order valence-electron chi connectivity index (χ0n) is 25.0. The van der Waals surface area contributed by atoms with Gasteiger partial charge in [0.1, 0.15) is 0 Å². The predicted octanol–water partition coefficient (Wildman–Crippen LogP) is 0.656. The van der Waals surface area contributed by atoms with Crippen molar-refractivity contribution in [3.8, 4) is 5.75 Å². The van der Waals surface area contributed by atoms with E-state index in [-0.39, 0.29) is 23.3 Å². The molecule has 0 spiro atoms. The molecule has 3 fully saturated rings. The molecule has 0 radical (unpaired) electrons. The van der Waals surface area contributed by atoms with Gasteiger partial charge in [0.15, 0.2) is 23.1 Å². The molecule has 0 aliphatic carbocycles. The van der Waals surface area contributed by atoms with Crippen molar-refractivity contribution < 1.29 is 29.6 Å². The summed E-state index contributed by atoms with van der Waals surface area (Å²) in [6.07, 6.45) is 0.721. The van der Waals surface area contributed by atoms with Crippen LogP contribution in [0.1, 0.15) is 48.8 Å². The third kappa shape index (κ3) is 8.02. The maximum Gasteiger partial charge on any atom is 0.453 e. The molecule has 14 heteroatoms. The number of hydrogen-bond acceptors (Lipinski definition) is 13. The number of hydrogen-bond donors (Lipinski definition) is 6. The number of benzene rings is 1. The number of piperazine rings is 1. The van der Waals surface area contributed by atoms with Crippen LogP contribution in [0.3, 0.4) is 0 Å². The van der Waals surface area contributed by atoms with E-state index in [2.05, 4.69) is 37.4 Å². The number of rotatable bonds is 10. The summed E-state index contributed by atoms with van der Waals surface area (Å²) in [6, 6.07) is 5.72. The Morgan fingerprint density at radius 1 is 1.05 bits per heavy atom. The molecule has 7 N–H and O–H groups in total. The van der Waals surface area contributed by atoms with Crippen LogP contribution in [0.25, 0.3) is 0 Å².